The topological polar surface area (TPSA) is 54.4 Å². The minimum Gasteiger partial charge on any atom is -0.388 e. The maximum Gasteiger partial charge on any atom is 0.164 e. The first kappa shape index (κ1) is 11.6. The first-order valence-corrected chi connectivity index (χ1v) is 6.26. The molecule has 0 amide bonds. The molecule has 0 heterocycles. The van der Waals surface area contributed by atoms with Crippen molar-refractivity contribution in [2.45, 2.75) is 29.6 Å². The lowest BCUT2D eigenvalue weighted by Gasteiger charge is -2.23. The van der Waals surface area contributed by atoms with Gasteiger partial charge in [-0.2, -0.15) is 0 Å². The summed E-state index contributed by atoms with van der Waals surface area (Å²) in [5.74, 6) is 0.0740. The summed E-state index contributed by atoms with van der Waals surface area (Å²) < 4.78 is 21.6. The second kappa shape index (κ2) is 3.57. The summed E-state index contributed by atoms with van der Waals surface area (Å²) in [6, 6.07) is 0. The van der Waals surface area contributed by atoms with Crippen molar-refractivity contribution in [2.24, 2.45) is 0 Å². The van der Waals surface area contributed by atoms with Gasteiger partial charge in [0.25, 0.3) is 0 Å². The molecule has 0 bridgehead atoms. The molecule has 1 unspecified atom stereocenters. The molecule has 0 spiro atoms. The van der Waals surface area contributed by atoms with Crippen LogP contribution in [-0.2, 0) is 9.84 Å². The summed E-state index contributed by atoms with van der Waals surface area (Å²) in [5.41, 5.74) is -1.16. The fourth-order valence-corrected chi connectivity index (χ4v) is 2.84. The van der Waals surface area contributed by atoms with Crippen LogP contribution in [0.3, 0.4) is 0 Å². The molecule has 0 saturated carbocycles. The van der Waals surface area contributed by atoms with Gasteiger partial charge in [0.15, 0.2) is 9.84 Å². The van der Waals surface area contributed by atoms with E-state index in [0.29, 0.717) is 0 Å². The quantitative estimate of drug-likeness (QED) is 0.622. The maximum atomic E-state index is 11.2. The number of rotatable bonds is 3. The molecule has 0 aliphatic heterocycles. The molecule has 68 valence electrons. The predicted octanol–water partition coefficient (Wildman–Crippen LogP) is 0.953. The van der Waals surface area contributed by atoms with E-state index in [9.17, 15) is 13.5 Å². The van der Waals surface area contributed by atoms with Crippen LogP contribution in [0.1, 0.15) is 20.8 Å². The van der Waals surface area contributed by atoms with Crippen LogP contribution in [0.5, 0.6) is 0 Å². The average molecular weight is 292 g/mol. The molecule has 0 aromatic carbocycles. The van der Waals surface area contributed by atoms with E-state index in [1.54, 1.807) is 29.5 Å². The molecule has 11 heavy (non-hydrogen) atoms. The lowest BCUT2D eigenvalue weighted by Crippen LogP contribution is -2.38. The van der Waals surface area contributed by atoms with Gasteiger partial charge in [-0.3, -0.25) is 0 Å². The lowest BCUT2D eigenvalue weighted by atomic mass is 10.2. The molecule has 0 aliphatic carbocycles. The molecule has 0 radical (unpaired) electrons. The van der Waals surface area contributed by atoms with Gasteiger partial charge in [0.1, 0.15) is 3.26 Å². The molecule has 1 atom stereocenters. The molecule has 1 N–H and O–H groups in total. The number of aliphatic hydroxyl groups is 1. The van der Waals surface area contributed by atoms with Crippen molar-refractivity contribution in [3.63, 3.8) is 0 Å². The number of hydrogen-bond donors (Lipinski definition) is 1. The Morgan fingerprint density at radius 2 is 1.91 bits per heavy atom. The zero-order chi connectivity index (χ0) is 9.28. The van der Waals surface area contributed by atoms with Crippen molar-refractivity contribution >= 4 is 32.4 Å². The SMILES string of the molecule is CCS(=O)(=O)C(I)C(C)(C)O. The largest absolute Gasteiger partial charge is 0.388 e. The molecule has 0 rings (SSSR count). The Hall–Kier alpha value is 0.640. The monoisotopic (exact) mass is 292 g/mol. The molecule has 0 aromatic rings. The minimum atomic E-state index is -3.12. The first-order valence-electron chi connectivity index (χ1n) is 3.30. The third kappa shape index (κ3) is 3.25. The molecule has 0 aromatic heterocycles. The van der Waals surface area contributed by atoms with Crippen LogP contribution in [0.25, 0.3) is 0 Å². The Balaban J connectivity index is 4.64. The van der Waals surface area contributed by atoms with Gasteiger partial charge in [-0.05, 0) is 13.8 Å². The van der Waals surface area contributed by atoms with E-state index in [1.807, 2.05) is 0 Å². The summed E-state index contributed by atoms with van der Waals surface area (Å²) in [5, 5.41) is 9.37. The molecular weight excluding hydrogens is 279 g/mol. The van der Waals surface area contributed by atoms with Crippen LogP contribution in [0.15, 0.2) is 0 Å². The molecule has 0 aliphatic rings. The Bertz CT molecular complexity index is 214. The normalized spacial score (nSPS) is 16.5. The lowest BCUT2D eigenvalue weighted by molar-refractivity contribution is 0.100. The third-order valence-corrected chi connectivity index (χ3v) is 7.13. The zero-order valence-electron chi connectivity index (χ0n) is 6.83. The van der Waals surface area contributed by atoms with Crippen molar-refractivity contribution in [2.75, 3.05) is 5.75 Å². The molecule has 3 nitrogen and oxygen atoms in total. The fourth-order valence-electron chi connectivity index (χ4n) is 0.586. The van der Waals surface area contributed by atoms with Crippen LogP contribution >= 0.6 is 22.6 Å². The number of alkyl halides is 1. The van der Waals surface area contributed by atoms with Gasteiger partial charge < -0.3 is 5.11 Å². The highest BCUT2D eigenvalue weighted by molar-refractivity contribution is 14.1. The smallest absolute Gasteiger partial charge is 0.164 e. The van der Waals surface area contributed by atoms with Crippen molar-refractivity contribution in [3.8, 4) is 0 Å². The van der Waals surface area contributed by atoms with Crippen molar-refractivity contribution in [1.82, 2.24) is 0 Å². The first-order chi connectivity index (χ1) is 4.72. The minimum absolute atomic E-state index is 0.0740. The molecule has 5 heteroatoms. The summed E-state index contributed by atoms with van der Waals surface area (Å²) in [6.45, 7) is 4.57. The van der Waals surface area contributed by atoms with Crippen LogP contribution in [-0.4, -0.2) is 28.1 Å². The Morgan fingerprint density at radius 3 is 2.00 bits per heavy atom. The van der Waals surface area contributed by atoms with E-state index < -0.39 is 18.7 Å². The number of hydrogen-bond acceptors (Lipinski definition) is 3. The van der Waals surface area contributed by atoms with Gasteiger partial charge >= 0.3 is 0 Å². The van der Waals surface area contributed by atoms with Crippen LogP contribution in [0, 0.1) is 0 Å². The Labute approximate surface area is 81.2 Å². The van der Waals surface area contributed by atoms with Crippen LogP contribution < -0.4 is 0 Å². The van der Waals surface area contributed by atoms with Gasteiger partial charge in [0, 0.05) is 5.75 Å². The number of sulfone groups is 1. The van der Waals surface area contributed by atoms with Gasteiger partial charge in [0.2, 0.25) is 0 Å². The molecule has 0 fully saturated rings. The van der Waals surface area contributed by atoms with Crippen molar-refractivity contribution in [3.05, 3.63) is 0 Å². The maximum absolute atomic E-state index is 11.2. The summed E-state index contributed by atoms with van der Waals surface area (Å²) in [7, 11) is -3.12. The Morgan fingerprint density at radius 1 is 1.55 bits per heavy atom. The second-order valence-corrected chi connectivity index (χ2v) is 7.39. The van der Waals surface area contributed by atoms with Crippen LogP contribution in [0.2, 0.25) is 0 Å². The average Bonchev–Trinajstić information content (AvgIpc) is 1.84. The van der Waals surface area contributed by atoms with Gasteiger partial charge in [-0.1, -0.05) is 29.5 Å². The van der Waals surface area contributed by atoms with Gasteiger partial charge in [-0.15, -0.1) is 0 Å². The fraction of sp³-hybridized carbons (Fsp3) is 1.00. The van der Waals surface area contributed by atoms with Crippen molar-refractivity contribution in [1.29, 1.82) is 0 Å². The molecule has 0 saturated heterocycles. The summed E-state index contributed by atoms with van der Waals surface area (Å²) in [6.07, 6.45) is 0. The van der Waals surface area contributed by atoms with E-state index >= 15 is 0 Å². The van der Waals surface area contributed by atoms with E-state index in [0.717, 1.165) is 0 Å². The molecular formula is C6H13IO3S. The zero-order valence-corrected chi connectivity index (χ0v) is 9.81. The van der Waals surface area contributed by atoms with Crippen molar-refractivity contribution < 1.29 is 13.5 Å². The van der Waals surface area contributed by atoms with E-state index in [2.05, 4.69) is 0 Å². The highest BCUT2D eigenvalue weighted by Gasteiger charge is 2.34. The highest BCUT2D eigenvalue weighted by atomic mass is 127. The summed E-state index contributed by atoms with van der Waals surface area (Å²) >= 11 is 1.75. The second-order valence-electron chi connectivity index (χ2n) is 2.92. The van der Waals surface area contributed by atoms with Gasteiger partial charge in [-0.25, -0.2) is 8.42 Å². The standard InChI is InChI=1S/C6H13IO3S/c1-4-11(9,10)5(7)6(2,3)8/h5,8H,4H2,1-3H3. The predicted molar refractivity (Wildman–Crippen MR) is 53.6 cm³/mol. The highest BCUT2D eigenvalue weighted by Crippen LogP contribution is 2.23. The number of halogens is 1. The summed E-state index contributed by atoms with van der Waals surface area (Å²) in [4.78, 5) is 0. The Kier molecular flexibility index (Phi) is 3.78. The van der Waals surface area contributed by atoms with Crippen LogP contribution in [0.4, 0.5) is 0 Å². The van der Waals surface area contributed by atoms with E-state index in [4.69, 9.17) is 0 Å². The van der Waals surface area contributed by atoms with E-state index in [-0.39, 0.29) is 5.75 Å². The van der Waals surface area contributed by atoms with E-state index in [1.165, 1.54) is 13.8 Å². The third-order valence-electron chi connectivity index (χ3n) is 1.27. The van der Waals surface area contributed by atoms with Gasteiger partial charge in [0.05, 0.1) is 5.60 Å².